The number of carbonyl (C=O) groups is 1. The highest BCUT2D eigenvalue weighted by atomic mass is 79.9. The number of nitrogens with one attached hydrogen (secondary N) is 1. The van der Waals surface area contributed by atoms with Gasteiger partial charge in [-0.1, -0.05) is 36.7 Å². The van der Waals surface area contributed by atoms with Gasteiger partial charge in [0.25, 0.3) is 0 Å². The summed E-state index contributed by atoms with van der Waals surface area (Å²) in [4.78, 5) is 12.1. The third-order valence-electron chi connectivity index (χ3n) is 5.11. The first-order valence-corrected chi connectivity index (χ1v) is 12.4. The number of hydrogen-bond donors (Lipinski definition) is 1. The smallest absolute Gasteiger partial charge is 0.240 e. The van der Waals surface area contributed by atoms with E-state index in [2.05, 4.69) is 33.4 Å². The fourth-order valence-corrected chi connectivity index (χ4v) is 3.82. The summed E-state index contributed by atoms with van der Waals surface area (Å²) in [5, 5.41) is 4.72. The molecule has 0 fully saturated rings. The quantitative estimate of drug-likeness (QED) is 0.155. The van der Waals surface area contributed by atoms with E-state index >= 15 is 0 Å². The zero-order valence-electron chi connectivity index (χ0n) is 19.7. The largest absolute Gasteiger partial charge is 0.493 e. The Kier molecular flexibility index (Phi) is 10.4. The van der Waals surface area contributed by atoms with E-state index in [-0.39, 0.29) is 5.91 Å². The normalized spacial score (nSPS) is 10.9. The van der Waals surface area contributed by atoms with Gasteiger partial charge < -0.3 is 14.2 Å². The Morgan fingerprint density at radius 3 is 2.46 bits per heavy atom. The second kappa shape index (κ2) is 13.8. The number of nitrogens with zero attached hydrogens (tertiary/aromatic N) is 1. The van der Waals surface area contributed by atoms with Gasteiger partial charge in [0.2, 0.25) is 5.91 Å². The number of hydrogen-bond acceptors (Lipinski definition) is 5. The van der Waals surface area contributed by atoms with E-state index in [1.807, 2.05) is 48.5 Å². The molecule has 184 valence electrons. The lowest BCUT2D eigenvalue weighted by Gasteiger charge is -2.11. The molecule has 0 heterocycles. The Morgan fingerprint density at radius 2 is 1.74 bits per heavy atom. The predicted octanol–water partition coefficient (Wildman–Crippen LogP) is 6.56. The summed E-state index contributed by atoms with van der Waals surface area (Å²) in [6.45, 7) is 2.94. The molecule has 1 N–H and O–H groups in total. The van der Waals surface area contributed by atoms with Crippen molar-refractivity contribution in [1.82, 2.24) is 5.43 Å². The highest BCUT2D eigenvalue weighted by molar-refractivity contribution is 9.10. The lowest BCUT2D eigenvalue weighted by Crippen LogP contribution is -2.18. The third kappa shape index (κ3) is 8.60. The van der Waals surface area contributed by atoms with E-state index in [4.69, 9.17) is 25.8 Å². The second-order valence-electron chi connectivity index (χ2n) is 7.69. The number of halogens is 2. The van der Waals surface area contributed by atoms with Crippen LogP contribution in [0, 0.1) is 0 Å². The van der Waals surface area contributed by atoms with E-state index in [1.165, 1.54) is 5.56 Å². The van der Waals surface area contributed by atoms with Crippen LogP contribution < -0.4 is 19.6 Å². The molecule has 0 unspecified atom stereocenters. The van der Waals surface area contributed by atoms with Crippen molar-refractivity contribution in [3.05, 3.63) is 86.8 Å². The number of methoxy groups -OCH3 is 1. The van der Waals surface area contributed by atoms with Crippen LogP contribution in [-0.2, 0) is 17.8 Å². The first-order valence-electron chi connectivity index (χ1n) is 11.3. The molecule has 0 aliphatic carbocycles. The van der Waals surface area contributed by atoms with Gasteiger partial charge in [0, 0.05) is 11.4 Å². The molecule has 0 aliphatic heterocycles. The minimum absolute atomic E-state index is 0.180. The van der Waals surface area contributed by atoms with Crippen LogP contribution in [0.2, 0.25) is 5.02 Å². The van der Waals surface area contributed by atoms with Crippen molar-refractivity contribution in [2.45, 2.75) is 32.8 Å². The van der Waals surface area contributed by atoms with Crippen molar-refractivity contribution in [3.63, 3.8) is 0 Å². The van der Waals surface area contributed by atoms with Crippen LogP contribution in [-0.4, -0.2) is 25.8 Å². The molecule has 0 radical (unpaired) electrons. The van der Waals surface area contributed by atoms with Crippen molar-refractivity contribution in [2.75, 3.05) is 13.7 Å². The van der Waals surface area contributed by atoms with Gasteiger partial charge in [-0.05, 0) is 87.9 Å². The maximum Gasteiger partial charge on any atom is 0.240 e. The highest BCUT2D eigenvalue weighted by Gasteiger charge is 2.07. The standard InChI is InChI=1S/C27H28BrClN2O4/c1-3-19-8-12-24(23(28)15-19)34-14-4-5-27(32)31-30-17-21-9-13-25(26(16-21)33-2)35-18-20-6-10-22(29)11-7-20/h6-13,15-17H,3-5,14,18H2,1-2H3,(H,31,32)/b30-17+. The molecule has 0 aliphatic rings. The number of carbonyl (C=O) groups excluding carboxylic acids is 1. The second-order valence-corrected chi connectivity index (χ2v) is 8.98. The molecule has 3 aromatic rings. The fraction of sp³-hybridized carbons (Fsp3) is 0.259. The zero-order valence-corrected chi connectivity index (χ0v) is 22.1. The Labute approximate surface area is 219 Å². The molecule has 3 rings (SSSR count). The van der Waals surface area contributed by atoms with Crippen LogP contribution in [0.5, 0.6) is 17.2 Å². The molecule has 8 heteroatoms. The maximum atomic E-state index is 12.1. The Morgan fingerprint density at radius 1 is 1.00 bits per heavy atom. The molecular weight excluding hydrogens is 532 g/mol. The van der Waals surface area contributed by atoms with Gasteiger partial charge in [0.05, 0.1) is 24.4 Å². The fourth-order valence-electron chi connectivity index (χ4n) is 3.16. The molecule has 35 heavy (non-hydrogen) atoms. The Balaban J connectivity index is 1.42. The van der Waals surface area contributed by atoms with Crippen LogP contribution >= 0.6 is 27.5 Å². The summed E-state index contributed by atoms with van der Waals surface area (Å²) in [5.41, 5.74) is 5.54. The van der Waals surface area contributed by atoms with Crippen LogP contribution in [0.1, 0.15) is 36.5 Å². The van der Waals surface area contributed by atoms with Gasteiger partial charge >= 0.3 is 0 Å². The maximum absolute atomic E-state index is 12.1. The lowest BCUT2D eigenvalue weighted by molar-refractivity contribution is -0.121. The number of amides is 1. The SMILES string of the molecule is CCc1ccc(OCCCC(=O)N/N=C/c2ccc(OCc3ccc(Cl)cc3)c(OC)c2)c(Br)c1. The van der Waals surface area contributed by atoms with Crippen LogP contribution in [0.3, 0.4) is 0 Å². The van der Waals surface area contributed by atoms with Gasteiger partial charge in [-0.3, -0.25) is 4.79 Å². The topological polar surface area (TPSA) is 69.2 Å². The molecule has 0 bridgehead atoms. The minimum Gasteiger partial charge on any atom is -0.493 e. The van der Waals surface area contributed by atoms with Crippen molar-refractivity contribution >= 4 is 39.7 Å². The molecule has 3 aromatic carbocycles. The summed E-state index contributed by atoms with van der Waals surface area (Å²) in [5.74, 6) is 1.78. The number of ether oxygens (including phenoxy) is 3. The monoisotopic (exact) mass is 558 g/mol. The first kappa shape index (κ1) is 26.6. The van der Waals surface area contributed by atoms with Crippen molar-refractivity contribution in [2.24, 2.45) is 5.10 Å². The van der Waals surface area contributed by atoms with Crippen LogP contribution in [0.4, 0.5) is 0 Å². The van der Waals surface area contributed by atoms with Crippen LogP contribution in [0.25, 0.3) is 0 Å². The predicted molar refractivity (Wildman–Crippen MR) is 143 cm³/mol. The van der Waals surface area contributed by atoms with Gasteiger partial charge in [0.1, 0.15) is 12.4 Å². The molecule has 6 nitrogen and oxygen atoms in total. The average Bonchev–Trinajstić information content (AvgIpc) is 2.87. The van der Waals surface area contributed by atoms with E-state index in [1.54, 1.807) is 25.5 Å². The van der Waals surface area contributed by atoms with Crippen molar-refractivity contribution < 1.29 is 19.0 Å². The van der Waals surface area contributed by atoms with Gasteiger partial charge in [-0.15, -0.1) is 0 Å². The van der Waals surface area contributed by atoms with E-state index in [0.717, 1.165) is 27.8 Å². The van der Waals surface area contributed by atoms with E-state index in [0.29, 0.717) is 42.6 Å². The van der Waals surface area contributed by atoms with E-state index in [9.17, 15) is 4.79 Å². The average molecular weight is 560 g/mol. The van der Waals surface area contributed by atoms with Gasteiger partial charge in [-0.25, -0.2) is 5.43 Å². The van der Waals surface area contributed by atoms with Gasteiger partial charge in [0.15, 0.2) is 11.5 Å². The van der Waals surface area contributed by atoms with Crippen molar-refractivity contribution in [1.29, 1.82) is 0 Å². The summed E-state index contributed by atoms with van der Waals surface area (Å²) >= 11 is 9.43. The number of benzene rings is 3. The lowest BCUT2D eigenvalue weighted by atomic mass is 10.2. The number of hydrazone groups is 1. The molecule has 0 saturated heterocycles. The number of aryl methyl sites for hydroxylation is 1. The molecular formula is C27H28BrClN2O4. The number of rotatable bonds is 12. The third-order valence-corrected chi connectivity index (χ3v) is 5.98. The molecule has 0 spiro atoms. The highest BCUT2D eigenvalue weighted by Crippen LogP contribution is 2.29. The Bertz CT molecular complexity index is 1150. The first-order chi connectivity index (χ1) is 17.0. The van der Waals surface area contributed by atoms with Gasteiger partial charge in [-0.2, -0.15) is 5.10 Å². The summed E-state index contributed by atoms with van der Waals surface area (Å²) in [6, 6.07) is 18.9. The zero-order chi connectivity index (χ0) is 25.0. The summed E-state index contributed by atoms with van der Waals surface area (Å²) < 4.78 is 18.0. The molecule has 0 aromatic heterocycles. The van der Waals surface area contributed by atoms with E-state index < -0.39 is 0 Å². The summed E-state index contributed by atoms with van der Waals surface area (Å²) in [7, 11) is 1.58. The Hall–Kier alpha value is -3.03. The van der Waals surface area contributed by atoms with Crippen LogP contribution in [0.15, 0.2) is 70.2 Å². The molecule has 0 atom stereocenters. The summed E-state index contributed by atoms with van der Waals surface area (Å²) in [6.07, 6.45) is 3.42. The van der Waals surface area contributed by atoms with Crippen molar-refractivity contribution in [3.8, 4) is 17.2 Å². The molecule has 1 amide bonds. The minimum atomic E-state index is -0.180. The molecule has 0 saturated carbocycles.